The van der Waals surface area contributed by atoms with Crippen molar-refractivity contribution in [3.05, 3.63) is 36.0 Å². The predicted octanol–water partition coefficient (Wildman–Crippen LogP) is 4.81. The summed E-state index contributed by atoms with van der Waals surface area (Å²) in [5.41, 5.74) is 2.89. The lowest BCUT2D eigenvalue weighted by Gasteiger charge is -2.18. The molecular weight excluding hydrogens is 206 g/mol. The minimum atomic E-state index is 0.584. The number of nitrogens with zero attached hydrogens (tertiary/aromatic N) is 1. The predicted molar refractivity (Wildman–Crippen MR) is 75.5 cm³/mol. The van der Waals surface area contributed by atoms with Crippen LogP contribution in [0.5, 0.6) is 0 Å². The second kappa shape index (κ2) is 4.95. The Labute approximate surface area is 104 Å². The fourth-order valence-corrected chi connectivity index (χ4v) is 2.74. The van der Waals surface area contributed by atoms with Crippen molar-refractivity contribution in [2.24, 2.45) is 5.92 Å². The summed E-state index contributed by atoms with van der Waals surface area (Å²) < 4.78 is 2.45. The minimum Gasteiger partial charge on any atom is -0.344 e. The highest BCUT2D eigenvalue weighted by Crippen LogP contribution is 2.27. The molecule has 0 aliphatic heterocycles. The fraction of sp³-hybridized carbons (Fsp3) is 0.500. The zero-order chi connectivity index (χ0) is 12.4. The Kier molecular flexibility index (Phi) is 3.56. The smallest absolute Gasteiger partial charge is 0.0515 e. The van der Waals surface area contributed by atoms with Crippen molar-refractivity contribution in [3.63, 3.8) is 0 Å². The van der Waals surface area contributed by atoms with Gasteiger partial charge in [-0.25, -0.2) is 0 Å². The molecule has 0 spiro atoms. The van der Waals surface area contributed by atoms with Gasteiger partial charge in [-0.3, -0.25) is 0 Å². The van der Waals surface area contributed by atoms with Gasteiger partial charge in [0.1, 0.15) is 0 Å². The van der Waals surface area contributed by atoms with Crippen LogP contribution in [0.3, 0.4) is 0 Å². The lowest BCUT2D eigenvalue weighted by molar-refractivity contribution is 0.436. The third-order valence-corrected chi connectivity index (χ3v) is 3.49. The Balaban J connectivity index is 2.47. The van der Waals surface area contributed by atoms with Gasteiger partial charge in [0, 0.05) is 12.2 Å². The highest BCUT2D eigenvalue weighted by molar-refractivity contribution is 5.83. The molecule has 0 bridgehead atoms. The molecule has 0 fully saturated rings. The lowest BCUT2D eigenvalue weighted by atomic mass is 10.0. The number of para-hydroxylation sites is 1. The topological polar surface area (TPSA) is 4.93 Å². The van der Waals surface area contributed by atoms with E-state index in [1.54, 1.807) is 0 Å². The standard InChI is InChI=1S/C16H23N/c1-5-14-7-6-8-15-9-10-17(16(14)15)13(4)11-12(2)3/h6-10,12-13H,5,11H2,1-4H3. The average molecular weight is 229 g/mol. The second-order valence-electron chi connectivity index (χ2n) is 5.41. The maximum atomic E-state index is 2.45. The van der Waals surface area contributed by atoms with Crippen LogP contribution in [0, 0.1) is 5.92 Å². The lowest BCUT2D eigenvalue weighted by Crippen LogP contribution is -2.07. The van der Waals surface area contributed by atoms with Gasteiger partial charge in [-0.15, -0.1) is 0 Å². The summed E-state index contributed by atoms with van der Waals surface area (Å²) >= 11 is 0. The summed E-state index contributed by atoms with van der Waals surface area (Å²) in [7, 11) is 0. The first-order chi connectivity index (χ1) is 8.13. The van der Waals surface area contributed by atoms with Crippen LogP contribution in [-0.2, 0) is 6.42 Å². The third kappa shape index (κ3) is 2.38. The monoisotopic (exact) mass is 229 g/mol. The number of benzene rings is 1. The Hall–Kier alpha value is -1.24. The third-order valence-electron chi connectivity index (χ3n) is 3.49. The minimum absolute atomic E-state index is 0.584. The first-order valence-corrected chi connectivity index (χ1v) is 6.72. The molecule has 0 aliphatic rings. The number of hydrogen-bond acceptors (Lipinski definition) is 0. The van der Waals surface area contributed by atoms with E-state index in [1.165, 1.54) is 22.9 Å². The van der Waals surface area contributed by atoms with E-state index in [0.29, 0.717) is 6.04 Å². The number of hydrogen-bond donors (Lipinski definition) is 0. The van der Waals surface area contributed by atoms with Crippen LogP contribution in [-0.4, -0.2) is 4.57 Å². The molecule has 1 heterocycles. The van der Waals surface area contributed by atoms with E-state index in [4.69, 9.17) is 0 Å². The van der Waals surface area contributed by atoms with Gasteiger partial charge in [0.2, 0.25) is 0 Å². The maximum Gasteiger partial charge on any atom is 0.0515 e. The SMILES string of the molecule is CCc1cccc2ccn(C(C)CC(C)C)c12. The Morgan fingerprint density at radius 3 is 2.53 bits per heavy atom. The van der Waals surface area contributed by atoms with Crippen molar-refractivity contribution in [1.29, 1.82) is 0 Å². The summed E-state index contributed by atoms with van der Waals surface area (Å²) in [5, 5.41) is 1.37. The summed E-state index contributed by atoms with van der Waals surface area (Å²) in [5.74, 6) is 0.747. The Morgan fingerprint density at radius 1 is 1.12 bits per heavy atom. The van der Waals surface area contributed by atoms with E-state index in [0.717, 1.165) is 12.3 Å². The molecule has 17 heavy (non-hydrogen) atoms. The van der Waals surface area contributed by atoms with Crippen LogP contribution in [0.15, 0.2) is 30.5 Å². The van der Waals surface area contributed by atoms with E-state index in [2.05, 4.69) is 62.7 Å². The molecule has 1 atom stereocenters. The Bertz CT molecular complexity index is 493. The molecule has 1 heteroatoms. The molecule has 2 rings (SSSR count). The first kappa shape index (κ1) is 12.2. The second-order valence-corrected chi connectivity index (χ2v) is 5.41. The van der Waals surface area contributed by atoms with Crippen molar-refractivity contribution >= 4 is 10.9 Å². The van der Waals surface area contributed by atoms with Gasteiger partial charge in [0.05, 0.1) is 5.52 Å². The van der Waals surface area contributed by atoms with Crippen molar-refractivity contribution < 1.29 is 0 Å². The zero-order valence-electron chi connectivity index (χ0n) is 11.4. The molecular formula is C16H23N. The van der Waals surface area contributed by atoms with Crippen molar-refractivity contribution in [2.75, 3.05) is 0 Å². The largest absolute Gasteiger partial charge is 0.344 e. The molecule has 2 aromatic rings. The van der Waals surface area contributed by atoms with Gasteiger partial charge in [-0.05, 0) is 42.7 Å². The number of fused-ring (bicyclic) bond motifs is 1. The quantitative estimate of drug-likeness (QED) is 0.709. The van der Waals surface area contributed by atoms with Gasteiger partial charge in [-0.1, -0.05) is 39.0 Å². The molecule has 1 aromatic carbocycles. The molecule has 1 aromatic heterocycles. The highest BCUT2D eigenvalue weighted by Gasteiger charge is 2.11. The molecule has 1 unspecified atom stereocenters. The molecule has 92 valence electrons. The number of aryl methyl sites for hydroxylation is 1. The van der Waals surface area contributed by atoms with Crippen LogP contribution in [0.1, 0.15) is 45.7 Å². The molecule has 0 N–H and O–H groups in total. The van der Waals surface area contributed by atoms with E-state index < -0.39 is 0 Å². The summed E-state index contributed by atoms with van der Waals surface area (Å²) in [6.45, 7) is 9.15. The van der Waals surface area contributed by atoms with Crippen LogP contribution in [0.2, 0.25) is 0 Å². The fourth-order valence-electron chi connectivity index (χ4n) is 2.74. The molecule has 0 saturated heterocycles. The average Bonchev–Trinajstić information content (AvgIpc) is 2.71. The normalized spacial score (nSPS) is 13.5. The molecule has 0 saturated carbocycles. The van der Waals surface area contributed by atoms with Crippen molar-refractivity contribution in [2.45, 2.75) is 46.6 Å². The maximum absolute atomic E-state index is 2.45. The Morgan fingerprint density at radius 2 is 1.88 bits per heavy atom. The zero-order valence-corrected chi connectivity index (χ0v) is 11.4. The molecule has 0 amide bonds. The van der Waals surface area contributed by atoms with Gasteiger partial charge >= 0.3 is 0 Å². The summed E-state index contributed by atoms with van der Waals surface area (Å²) in [6, 6.07) is 9.46. The van der Waals surface area contributed by atoms with Gasteiger partial charge in [-0.2, -0.15) is 0 Å². The number of rotatable bonds is 4. The molecule has 1 nitrogen and oxygen atoms in total. The van der Waals surface area contributed by atoms with E-state index in [-0.39, 0.29) is 0 Å². The van der Waals surface area contributed by atoms with Crippen LogP contribution in [0.25, 0.3) is 10.9 Å². The van der Waals surface area contributed by atoms with E-state index in [1.807, 2.05) is 0 Å². The van der Waals surface area contributed by atoms with Crippen LogP contribution in [0.4, 0.5) is 0 Å². The van der Waals surface area contributed by atoms with Gasteiger partial charge in [0.15, 0.2) is 0 Å². The highest BCUT2D eigenvalue weighted by atomic mass is 15.0. The van der Waals surface area contributed by atoms with Gasteiger partial charge < -0.3 is 4.57 Å². The van der Waals surface area contributed by atoms with Crippen molar-refractivity contribution in [1.82, 2.24) is 4.57 Å². The van der Waals surface area contributed by atoms with Gasteiger partial charge in [0.25, 0.3) is 0 Å². The first-order valence-electron chi connectivity index (χ1n) is 6.72. The van der Waals surface area contributed by atoms with Crippen LogP contribution >= 0.6 is 0 Å². The van der Waals surface area contributed by atoms with E-state index >= 15 is 0 Å². The molecule has 0 aliphatic carbocycles. The molecule has 0 radical (unpaired) electrons. The summed E-state index contributed by atoms with van der Waals surface area (Å²) in [4.78, 5) is 0. The van der Waals surface area contributed by atoms with Crippen molar-refractivity contribution in [3.8, 4) is 0 Å². The van der Waals surface area contributed by atoms with Crippen LogP contribution < -0.4 is 0 Å². The summed E-state index contributed by atoms with van der Waals surface area (Å²) in [6.07, 6.45) is 4.59. The van der Waals surface area contributed by atoms with E-state index in [9.17, 15) is 0 Å². The number of aromatic nitrogens is 1.